The highest BCUT2D eigenvalue weighted by atomic mass is 16.6. The van der Waals surface area contributed by atoms with Crippen LogP contribution < -0.4 is 0 Å². The second-order valence-corrected chi connectivity index (χ2v) is 3.27. The van der Waals surface area contributed by atoms with E-state index >= 15 is 0 Å². The third-order valence-corrected chi connectivity index (χ3v) is 2.57. The van der Waals surface area contributed by atoms with Crippen LogP contribution in [0, 0.1) is 5.92 Å². The third kappa shape index (κ3) is 1.75. The monoisotopic (exact) mass is 214 g/mol. The van der Waals surface area contributed by atoms with Gasteiger partial charge in [0.2, 0.25) is 5.79 Å². The molecule has 0 heterocycles. The topological polar surface area (TPSA) is 76.0 Å². The maximum Gasteiger partial charge on any atom is 0.316 e. The Morgan fingerprint density at radius 3 is 2.53 bits per heavy atom. The molecule has 0 saturated heterocycles. The highest BCUT2D eigenvalue weighted by Crippen LogP contribution is 2.34. The molecule has 2 unspecified atom stereocenters. The zero-order valence-electron chi connectivity index (χ0n) is 8.85. The summed E-state index contributed by atoms with van der Waals surface area (Å²) in [6, 6.07) is 0. The van der Waals surface area contributed by atoms with E-state index in [4.69, 9.17) is 14.6 Å². The summed E-state index contributed by atoms with van der Waals surface area (Å²) in [6.07, 6.45) is 2.86. The van der Waals surface area contributed by atoms with Crippen LogP contribution in [0.15, 0.2) is 23.5 Å². The van der Waals surface area contributed by atoms with E-state index < -0.39 is 17.7 Å². The molecule has 2 atom stereocenters. The van der Waals surface area contributed by atoms with E-state index in [9.17, 15) is 9.90 Å². The van der Waals surface area contributed by atoms with Crippen molar-refractivity contribution in [3.8, 4) is 0 Å². The third-order valence-electron chi connectivity index (χ3n) is 2.57. The average Bonchev–Trinajstić information content (AvgIpc) is 2.21. The molecule has 1 aliphatic carbocycles. The van der Waals surface area contributed by atoms with Gasteiger partial charge in [-0.1, -0.05) is 6.08 Å². The average molecular weight is 214 g/mol. The Bertz CT molecular complexity index is 331. The summed E-state index contributed by atoms with van der Waals surface area (Å²) in [6.45, 7) is 1.57. The van der Waals surface area contributed by atoms with Crippen molar-refractivity contribution in [1.29, 1.82) is 0 Å². The van der Waals surface area contributed by atoms with E-state index in [-0.39, 0.29) is 0 Å². The lowest BCUT2D eigenvalue weighted by atomic mass is 9.87. The Morgan fingerprint density at radius 1 is 1.53 bits per heavy atom. The van der Waals surface area contributed by atoms with Crippen molar-refractivity contribution in [3.05, 3.63) is 23.5 Å². The SMILES string of the molecule is COC1=C(C)C(O)(OC)C(C(=O)O)C=C1. The number of methoxy groups -OCH3 is 2. The van der Waals surface area contributed by atoms with E-state index in [1.165, 1.54) is 26.4 Å². The first-order chi connectivity index (χ1) is 6.97. The zero-order valence-corrected chi connectivity index (χ0v) is 8.85. The summed E-state index contributed by atoms with van der Waals surface area (Å²) in [4.78, 5) is 10.9. The Labute approximate surface area is 87.6 Å². The first kappa shape index (κ1) is 11.7. The normalized spacial score (nSPS) is 30.5. The quantitative estimate of drug-likeness (QED) is 0.669. The Balaban J connectivity index is 3.19. The number of rotatable bonds is 3. The van der Waals surface area contributed by atoms with E-state index in [1.807, 2.05) is 0 Å². The van der Waals surface area contributed by atoms with Gasteiger partial charge in [-0.3, -0.25) is 4.79 Å². The first-order valence-corrected chi connectivity index (χ1v) is 4.41. The molecule has 2 N–H and O–H groups in total. The van der Waals surface area contributed by atoms with Gasteiger partial charge in [-0.25, -0.2) is 0 Å². The van der Waals surface area contributed by atoms with Gasteiger partial charge in [0, 0.05) is 12.7 Å². The van der Waals surface area contributed by atoms with Gasteiger partial charge in [0.15, 0.2) is 0 Å². The molecule has 0 amide bonds. The predicted molar refractivity (Wildman–Crippen MR) is 51.9 cm³/mol. The molecule has 0 saturated carbocycles. The van der Waals surface area contributed by atoms with Crippen LogP contribution in [0.1, 0.15) is 6.92 Å². The highest BCUT2D eigenvalue weighted by molar-refractivity contribution is 5.75. The van der Waals surface area contributed by atoms with Crippen molar-refractivity contribution < 1.29 is 24.5 Å². The minimum absolute atomic E-state index is 0.349. The molecule has 1 rings (SSSR count). The Hall–Kier alpha value is -1.33. The van der Waals surface area contributed by atoms with Gasteiger partial charge in [-0.15, -0.1) is 0 Å². The van der Waals surface area contributed by atoms with Gasteiger partial charge in [0.1, 0.15) is 11.7 Å². The standard InChI is InChI=1S/C10H14O5/c1-6-8(14-2)5-4-7(9(11)12)10(6,13)15-3/h4-5,7,13H,1-3H3,(H,11,12). The number of hydrogen-bond donors (Lipinski definition) is 2. The van der Waals surface area contributed by atoms with Crippen LogP contribution in [-0.4, -0.2) is 36.2 Å². The fourth-order valence-electron chi connectivity index (χ4n) is 1.60. The molecular formula is C10H14O5. The molecule has 0 aromatic rings. The van der Waals surface area contributed by atoms with Crippen LogP contribution in [0.4, 0.5) is 0 Å². The molecule has 0 bridgehead atoms. The lowest BCUT2D eigenvalue weighted by molar-refractivity contribution is -0.197. The number of carbonyl (C=O) groups is 1. The largest absolute Gasteiger partial charge is 0.497 e. The van der Waals surface area contributed by atoms with Crippen LogP contribution in [0.5, 0.6) is 0 Å². The smallest absolute Gasteiger partial charge is 0.316 e. The fourth-order valence-corrected chi connectivity index (χ4v) is 1.60. The summed E-state index contributed by atoms with van der Waals surface area (Å²) in [5.41, 5.74) is 0.349. The maximum atomic E-state index is 10.9. The van der Waals surface area contributed by atoms with Gasteiger partial charge in [-0.2, -0.15) is 0 Å². The van der Waals surface area contributed by atoms with Crippen molar-refractivity contribution in [1.82, 2.24) is 0 Å². The first-order valence-electron chi connectivity index (χ1n) is 4.41. The van der Waals surface area contributed by atoms with Crippen molar-refractivity contribution in [2.45, 2.75) is 12.7 Å². The van der Waals surface area contributed by atoms with Crippen LogP contribution >= 0.6 is 0 Å². The highest BCUT2D eigenvalue weighted by Gasteiger charge is 2.45. The summed E-state index contributed by atoms with van der Waals surface area (Å²) >= 11 is 0. The van der Waals surface area contributed by atoms with E-state index in [0.29, 0.717) is 11.3 Å². The second kappa shape index (κ2) is 4.04. The fraction of sp³-hybridized carbons (Fsp3) is 0.500. The van der Waals surface area contributed by atoms with E-state index in [2.05, 4.69) is 0 Å². The molecule has 0 fully saturated rings. The van der Waals surface area contributed by atoms with Gasteiger partial charge in [0.05, 0.1) is 7.11 Å². The number of hydrogen-bond acceptors (Lipinski definition) is 4. The lowest BCUT2D eigenvalue weighted by Gasteiger charge is -2.34. The van der Waals surface area contributed by atoms with E-state index in [0.717, 1.165) is 0 Å². The lowest BCUT2D eigenvalue weighted by Crippen LogP contribution is -2.46. The molecule has 0 aromatic heterocycles. The maximum absolute atomic E-state index is 10.9. The van der Waals surface area contributed by atoms with Gasteiger partial charge in [-0.05, 0) is 13.0 Å². The zero-order chi connectivity index (χ0) is 11.6. The van der Waals surface area contributed by atoms with Gasteiger partial charge in [0.25, 0.3) is 0 Å². The molecular weight excluding hydrogens is 200 g/mol. The number of ether oxygens (including phenoxy) is 2. The Morgan fingerprint density at radius 2 is 2.13 bits per heavy atom. The Kier molecular flexibility index (Phi) is 3.16. The van der Waals surface area contributed by atoms with Crippen LogP contribution in [0.3, 0.4) is 0 Å². The molecule has 5 heteroatoms. The van der Waals surface area contributed by atoms with E-state index in [1.54, 1.807) is 6.92 Å². The number of carboxylic acids is 1. The van der Waals surface area contributed by atoms with Crippen molar-refractivity contribution >= 4 is 5.97 Å². The van der Waals surface area contributed by atoms with Crippen molar-refractivity contribution in [2.75, 3.05) is 14.2 Å². The van der Waals surface area contributed by atoms with Crippen molar-refractivity contribution in [3.63, 3.8) is 0 Å². The number of allylic oxidation sites excluding steroid dienone is 1. The minimum Gasteiger partial charge on any atom is -0.497 e. The number of carboxylic acid groups (broad SMARTS) is 1. The summed E-state index contributed by atoms with van der Waals surface area (Å²) in [5, 5.41) is 19.0. The summed E-state index contributed by atoms with van der Waals surface area (Å²) in [5.74, 6) is -3.70. The molecule has 1 aliphatic rings. The van der Waals surface area contributed by atoms with Gasteiger partial charge < -0.3 is 19.7 Å². The minimum atomic E-state index is -1.84. The van der Waals surface area contributed by atoms with Crippen LogP contribution in [-0.2, 0) is 14.3 Å². The molecule has 0 spiro atoms. The number of aliphatic carboxylic acids is 1. The summed E-state index contributed by atoms with van der Waals surface area (Å²) in [7, 11) is 2.70. The molecule has 0 radical (unpaired) electrons. The molecule has 5 nitrogen and oxygen atoms in total. The van der Waals surface area contributed by atoms with Crippen LogP contribution in [0.25, 0.3) is 0 Å². The summed E-state index contributed by atoms with van der Waals surface area (Å²) < 4.78 is 9.87. The molecule has 15 heavy (non-hydrogen) atoms. The second-order valence-electron chi connectivity index (χ2n) is 3.27. The molecule has 0 aliphatic heterocycles. The molecule has 84 valence electrons. The van der Waals surface area contributed by atoms with Crippen LogP contribution in [0.2, 0.25) is 0 Å². The predicted octanol–water partition coefficient (Wildman–Crippen LogP) is 0.512. The van der Waals surface area contributed by atoms with Gasteiger partial charge >= 0.3 is 5.97 Å². The molecule has 0 aromatic carbocycles. The van der Waals surface area contributed by atoms with Crippen molar-refractivity contribution in [2.24, 2.45) is 5.92 Å². The number of aliphatic hydroxyl groups is 1.